The highest BCUT2D eigenvalue weighted by molar-refractivity contribution is 6.23. The summed E-state index contributed by atoms with van der Waals surface area (Å²) >= 11 is 0. The molecule has 0 aliphatic carbocycles. The molecule has 0 saturated heterocycles. The van der Waals surface area contributed by atoms with Crippen molar-refractivity contribution >= 4 is 43.5 Å². The van der Waals surface area contributed by atoms with Crippen LogP contribution in [0.3, 0.4) is 0 Å². The minimum atomic E-state index is -0.640. The predicted octanol–water partition coefficient (Wildman–Crippen LogP) is 12.4. The van der Waals surface area contributed by atoms with E-state index in [1.807, 2.05) is 72.8 Å². The smallest absolute Gasteiger partial charge is 0.164 e. The third kappa shape index (κ3) is 5.04. The Morgan fingerprint density at radius 1 is 0.392 bits per heavy atom. The monoisotopic (exact) mass is 664 g/mol. The maximum absolute atomic E-state index is 9.78. The zero-order chi connectivity index (χ0) is 45.0. The molecule has 0 saturated carbocycles. The standard InChI is InChI=1S/C47H29N3O/c1-3-12-30(13-4-1)31-22-24-34(25-23-31)46-48-45(33-15-5-2-6-16-33)49-47(50-46)35-26-27-42-41(28-35)44-39-20-10-9-19-38(39)40(29-43(44)51-42)37-21-11-17-32-14-7-8-18-36(32)37/h1-29H/i2D,5D,6D,9D,10D,15D,16D,19D,20D,26D,27D,28D,29D. The molecule has 0 unspecified atom stereocenters. The highest BCUT2D eigenvalue weighted by Gasteiger charge is 2.18. The van der Waals surface area contributed by atoms with Crippen LogP contribution in [0.5, 0.6) is 0 Å². The fourth-order valence-electron chi connectivity index (χ4n) is 6.39. The van der Waals surface area contributed by atoms with Gasteiger partial charge in [0.2, 0.25) is 0 Å². The molecule has 0 fully saturated rings. The molecule has 8 aromatic carbocycles. The van der Waals surface area contributed by atoms with Crippen LogP contribution in [0.2, 0.25) is 0 Å². The molecular weight excluding hydrogens is 623 g/mol. The van der Waals surface area contributed by atoms with Crippen LogP contribution < -0.4 is 0 Å². The summed E-state index contributed by atoms with van der Waals surface area (Å²) in [5.74, 6) is -0.760. The number of aromatic nitrogens is 3. The van der Waals surface area contributed by atoms with Gasteiger partial charge in [-0.3, -0.25) is 0 Å². The molecule has 51 heavy (non-hydrogen) atoms. The van der Waals surface area contributed by atoms with Crippen LogP contribution in [0.25, 0.3) is 99.9 Å². The van der Waals surface area contributed by atoms with Crippen LogP contribution in [0.4, 0.5) is 0 Å². The SMILES string of the molecule is [2H]c1c([2H])c([2H])c(-c2nc(-c3ccc(-c4ccccc4)cc3)nc(-c3c([2H])c([2H])c4oc5c([2H])c(-c6cccc7ccccc67)c6c([2H])c([2H])c([2H])c([2H])c6c5c4c3[2H])n2)c([2H])c1[2H]. The van der Waals surface area contributed by atoms with Crippen molar-refractivity contribution in [3.8, 4) is 56.4 Å². The first kappa shape index (κ1) is 18.7. The van der Waals surface area contributed by atoms with Gasteiger partial charge in [-0.05, 0) is 68.0 Å². The fraction of sp³-hybridized carbons (Fsp3) is 0. The molecular formula is C47H29N3O. The zero-order valence-corrected chi connectivity index (χ0v) is 26.5. The number of hydrogen-bond donors (Lipinski definition) is 0. The van der Waals surface area contributed by atoms with Crippen molar-refractivity contribution in [3.05, 3.63) is 176 Å². The lowest BCUT2D eigenvalue weighted by Gasteiger charge is -2.11. The van der Waals surface area contributed by atoms with Gasteiger partial charge in [0.1, 0.15) is 11.2 Å². The molecule has 0 radical (unpaired) electrons. The molecule has 10 rings (SSSR count). The van der Waals surface area contributed by atoms with E-state index in [0.717, 1.165) is 16.5 Å². The Balaban J connectivity index is 1.31. The van der Waals surface area contributed by atoms with E-state index in [1.54, 1.807) is 24.3 Å². The fourth-order valence-corrected chi connectivity index (χ4v) is 6.39. The maximum atomic E-state index is 9.78. The van der Waals surface area contributed by atoms with Gasteiger partial charge < -0.3 is 4.42 Å². The molecule has 0 aliphatic heterocycles. The molecule has 4 heteroatoms. The van der Waals surface area contributed by atoms with Gasteiger partial charge in [0.05, 0.1) is 17.8 Å². The van der Waals surface area contributed by atoms with E-state index >= 15 is 0 Å². The van der Waals surface area contributed by atoms with Gasteiger partial charge in [0.25, 0.3) is 0 Å². The quantitative estimate of drug-likeness (QED) is 0.184. The van der Waals surface area contributed by atoms with Crippen LogP contribution in [0, 0.1) is 0 Å². The van der Waals surface area contributed by atoms with Gasteiger partial charge in [-0.2, -0.15) is 0 Å². The average molecular weight is 665 g/mol. The lowest BCUT2D eigenvalue weighted by molar-refractivity contribution is 0.669. The predicted molar refractivity (Wildman–Crippen MR) is 209 cm³/mol. The van der Waals surface area contributed by atoms with Crippen LogP contribution in [0.1, 0.15) is 17.8 Å². The average Bonchev–Trinajstić information content (AvgIpc) is 3.72. The maximum Gasteiger partial charge on any atom is 0.164 e. The molecule has 0 atom stereocenters. The number of hydrogen-bond acceptors (Lipinski definition) is 4. The molecule has 0 N–H and O–H groups in total. The summed E-state index contributed by atoms with van der Waals surface area (Å²) in [6, 6.07) is 22.5. The number of benzene rings is 8. The van der Waals surface area contributed by atoms with Crippen LogP contribution in [-0.2, 0) is 0 Å². The molecule has 4 nitrogen and oxygen atoms in total. The summed E-state index contributed by atoms with van der Waals surface area (Å²) in [5, 5.41) is 1.26. The summed E-state index contributed by atoms with van der Waals surface area (Å²) in [5.41, 5.74) is 1.69. The van der Waals surface area contributed by atoms with Gasteiger partial charge in [0.15, 0.2) is 17.5 Å². The van der Waals surface area contributed by atoms with Gasteiger partial charge in [-0.25, -0.2) is 15.0 Å². The van der Waals surface area contributed by atoms with Crippen molar-refractivity contribution in [2.24, 2.45) is 0 Å². The third-order valence-electron chi connectivity index (χ3n) is 8.78. The summed E-state index contributed by atoms with van der Waals surface area (Å²) in [6.07, 6.45) is 0. The second-order valence-electron chi connectivity index (χ2n) is 11.8. The van der Waals surface area contributed by atoms with E-state index in [2.05, 4.69) is 15.0 Å². The van der Waals surface area contributed by atoms with E-state index in [9.17, 15) is 8.22 Å². The highest BCUT2D eigenvalue weighted by atomic mass is 16.3. The summed E-state index contributed by atoms with van der Waals surface area (Å²) in [7, 11) is 0. The second kappa shape index (κ2) is 11.9. The Labute approximate surface area is 312 Å². The molecule has 0 aliphatic rings. The molecule has 0 bridgehead atoms. The Morgan fingerprint density at radius 3 is 1.86 bits per heavy atom. The molecule has 238 valence electrons. The molecule has 2 aromatic heterocycles. The Morgan fingerprint density at radius 2 is 1.04 bits per heavy atom. The second-order valence-corrected chi connectivity index (χ2v) is 11.8. The Kier molecular flexibility index (Phi) is 4.37. The first-order valence-corrected chi connectivity index (χ1v) is 16.1. The zero-order valence-electron chi connectivity index (χ0n) is 39.5. The normalized spacial score (nSPS) is 15.1. The van der Waals surface area contributed by atoms with Gasteiger partial charge in [-0.15, -0.1) is 0 Å². The molecule has 10 aromatic rings. The Bertz CT molecular complexity index is 3620. The minimum absolute atomic E-state index is 0.00476. The van der Waals surface area contributed by atoms with E-state index in [4.69, 9.17) is 14.0 Å². The number of furan rings is 1. The summed E-state index contributed by atoms with van der Waals surface area (Å²) < 4.78 is 123. The third-order valence-corrected chi connectivity index (χ3v) is 8.78. The van der Waals surface area contributed by atoms with Crippen molar-refractivity contribution in [3.63, 3.8) is 0 Å². The van der Waals surface area contributed by atoms with Crippen molar-refractivity contribution in [2.75, 3.05) is 0 Å². The molecule has 0 amide bonds. The van der Waals surface area contributed by atoms with E-state index in [0.29, 0.717) is 16.5 Å². The lowest BCUT2D eigenvalue weighted by Crippen LogP contribution is -2.00. The van der Waals surface area contributed by atoms with Crippen molar-refractivity contribution in [2.45, 2.75) is 0 Å². The van der Waals surface area contributed by atoms with Gasteiger partial charge >= 0.3 is 0 Å². The Hall–Kier alpha value is -6.91. The van der Waals surface area contributed by atoms with E-state index < -0.39 is 72.5 Å². The molecule has 0 spiro atoms. The largest absolute Gasteiger partial charge is 0.456 e. The first-order valence-electron chi connectivity index (χ1n) is 22.6. The summed E-state index contributed by atoms with van der Waals surface area (Å²) in [6.45, 7) is 0. The van der Waals surface area contributed by atoms with Gasteiger partial charge in [-0.1, -0.05) is 151 Å². The van der Waals surface area contributed by atoms with Crippen LogP contribution in [-0.4, -0.2) is 15.0 Å². The summed E-state index contributed by atoms with van der Waals surface area (Å²) in [4.78, 5) is 13.8. The first-order chi connectivity index (χ1) is 30.7. The van der Waals surface area contributed by atoms with E-state index in [-0.39, 0.29) is 72.9 Å². The highest BCUT2D eigenvalue weighted by Crippen LogP contribution is 2.42. The van der Waals surface area contributed by atoms with Crippen molar-refractivity contribution in [1.82, 2.24) is 15.0 Å². The number of rotatable bonds is 5. The lowest BCUT2D eigenvalue weighted by atomic mass is 9.92. The van der Waals surface area contributed by atoms with Gasteiger partial charge in [0, 0.05) is 27.5 Å². The number of nitrogens with zero attached hydrogens (tertiary/aromatic N) is 3. The van der Waals surface area contributed by atoms with Crippen molar-refractivity contribution < 1.29 is 22.2 Å². The van der Waals surface area contributed by atoms with Crippen molar-refractivity contribution in [1.29, 1.82) is 0 Å². The van der Waals surface area contributed by atoms with Crippen LogP contribution >= 0.6 is 0 Å². The topological polar surface area (TPSA) is 51.8 Å². The van der Waals surface area contributed by atoms with E-state index in [1.165, 1.54) is 0 Å². The minimum Gasteiger partial charge on any atom is -0.456 e. The molecule has 2 heterocycles. The van der Waals surface area contributed by atoms with Crippen LogP contribution in [0.15, 0.2) is 180 Å². The number of fused-ring (bicyclic) bond motifs is 6.